The Labute approximate surface area is 179 Å². The first-order chi connectivity index (χ1) is 14.8. The van der Waals surface area contributed by atoms with Gasteiger partial charge in [0.25, 0.3) is 5.91 Å². The zero-order chi connectivity index (χ0) is 22.4. The second-order valence-corrected chi connectivity index (χ2v) is 7.32. The molecule has 11 nitrogen and oxygen atoms in total. The Morgan fingerprint density at radius 1 is 1.29 bits per heavy atom. The van der Waals surface area contributed by atoms with Gasteiger partial charge in [-0.1, -0.05) is 6.07 Å². The molecule has 1 saturated heterocycles. The lowest BCUT2D eigenvalue weighted by Gasteiger charge is -2.31. The van der Waals surface area contributed by atoms with Crippen LogP contribution in [0.5, 0.6) is 0 Å². The summed E-state index contributed by atoms with van der Waals surface area (Å²) in [7, 11) is 0. The van der Waals surface area contributed by atoms with E-state index in [0.29, 0.717) is 31.0 Å². The number of hydrogen-bond donors (Lipinski definition) is 5. The summed E-state index contributed by atoms with van der Waals surface area (Å²) in [5.41, 5.74) is 6.85. The Hall–Kier alpha value is -3.89. The number of anilines is 4. The number of benzene rings is 1. The number of amides is 3. The van der Waals surface area contributed by atoms with Crippen LogP contribution in [-0.4, -0.2) is 57.5 Å². The Kier molecular flexibility index (Phi) is 6.85. The molecule has 0 aliphatic carbocycles. The molecular formula is C20H25N7O4. The van der Waals surface area contributed by atoms with E-state index in [4.69, 9.17) is 5.73 Å². The Balaban J connectivity index is 1.73. The van der Waals surface area contributed by atoms with Gasteiger partial charge in [-0.2, -0.15) is 4.98 Å². The molecule has 1 aliphatic rings. The summed E-state index contributed by atoms with van der Waals surface area (Å²) < 4.78 is 0. The number of aromatic nitrogens is 2. The smallest absolute Gasteiger partial charge is 0.407 e. The van der Waals surface area contributed by atoms with Gasteiger partial charge in [-0.05, 0) is 37.0 Å². The Morgan fingerprint density at radius 3 is 2.77 bits per heavy atom. The van der Waals surface area contributed by atoms with Crippen LogP contribution in [0.4, 0.5) is 27.9 Å². The third kappa shape index (κ3) is 6.04. The van der Waals surface area contributed by atoms with Crippen molar-refractivity contribution in [2.45, 2.75) is 19.8 Å². The van der Waals surface area contributed by atoms with Crippen LogP contribution in [0.1, 0.15) is 30.1 Å². The number of piperidine rings is 1. The quantitative estimate of drug-likeness (QED) is 0.448. The second-order valence-electron chi connectivity index (χ2n) is 7.32. The number of likely N-dealkylation sites (tertiary alicyclic amines) is 1. The second kappa shape index (κ2) is 9.74. The fourth-order valence-corrected chi connectivity index (χ4v) is 3.41. The van der Waals surface area contributed by atoms with E-state index in [1.54, 1.807) is 24.3 Å². The van der Waals surface area contributed by atoms with Crippen molar-refractivity contribution >= 4 is 41.0 Å². The molecule has 1 aliphatic heterocycles. The number of nitrogens with one attached hydrogen (secondary N) is 3. The zero-order valence-corrected chi connectivity index (χ0v) is 17.1. The molecule has 164 valence electrons. The molecule has 11 heteroatoms. The van der Waals surface area contributed by atoms with Gasteiger partial charge in [-0.25, -0.2) is 9.78 Å². The number of carbonyl (C=O) groups is 3. The van der Waals surface area contributed by atoms with Crippen molar-refractivity contribution in [3.8, 4) is 0 Å². The highest BCUT2D eigenvalue weighted by Gasteiger charge is 2.23. The molecule has 1 fully saturated rings. The van der Waals surface area contributed by atoms with Crippen LogP contribution in [0.2, 0.25) is 0 Å². The van der Waals surface area contributed by atoms with E-state index < -0.39 is 12.0 Å². The van der Waals surface area contributed by atoms with Crippen molar-refractivity contribution in [2.24, 2.45) is 11.7 Å². The summed E-state index contributed by atoms with van der Waals surface area (Å²) in [6, 6.07) is 7.03. The summed E-state index contributed by atoms with van der Waals surface area (Å²) in [6.07, 6.45) is 2.05. The van der Waals surface area contributed by atoms with Crippen LogP contribution in [0.3, 0.4) is 0 Å². The Morgan fingerprint density at radius 2 is 2.06 bits per heavy atom. The summed E-state index contributed by atoms with van der Waals surface area (Å²) in [5.74, 6) is -0.252. The molecule has 0 spiro atoms. The van der Waals surface area contributed by atoms with Crippen LogP contribution < -0.4 is 21.7 Å². The average molecular weight is 427 g/mol. The third-order valence-electron chi connectivity index (χ3n) is 4.84. The molecule has 0 bridgehead atoms. The molecule has 1 aromatic carbocycles. The van der Waals surface area contributed by atoms with Crippen molar-refractivity contribution in [3.63, 3.8) is 0 Å². The fourth-order valence-electron chi connectivity index (χ4n) is 3.41. The first-order valence-corrected chi connectivity index (χ1v) is 9.85. The van der Waals surface area contributed by atoms with E-state index in [-0.39, 0.29) is 29.2 Å². The van der Waals surface area contributed by atoms with Crippen molar-refractivity contribution in [2.75, 3.05) is 35.6 Å². The summed E-state index contributed by atoms with van der Waals surface area (Å²) >= 11 is 0. The predicted molar refractivity (Wildman–Crippen MR) is 115 cm³/mol. The largest absolute Gasteiger partial charge is 0.465 e. The first kappa shape index (κ1) is 21.8. The van der Waals surface area contributed by atoms with Crippen molar-refractivity contribution in [1.82, 2.24) is 14.9 Å². The van der Waals surface area contributed by atoms with Gasteiger partial charge in [0.15, 0.2) is 0 Å². The van der Waals surface area contributed by atoms with Gasteiger partial charge in [0, 0.05) is 44.1 Å². The predicted octanol–water partition coefficient (Wildman–Crippen LogP) is 2.08. The number of carboxylic acid groups (broad SMARTS) is 1. The molecule has 1 unspecified atom stereocenters. The number of rotatable bonds is 7. The van der Waals surface area contributed by atoms with Crippen molar-refractivity contribution in [1.29, 1.82) is 0 Å². The maximum atomic E-state index is 11.8. The van der Waals surface area contributed by atoms with E-state index >= 15 is 0 Å². The highest BCUT2D eigenvalue weighted by atomic mass is 16.4. The molecular weight excluding hydrogens is 402 g/mol. The van der Waals surface area contributed by atoms with E-state index in [1.165, 1.54) is 18.0 Å². The monoisotopic (exact) mass is 427 g/mol. The standard InChI is InChI=1S/C20H25N7O4/c1-12(28)24-14-5-2-6-15(8-14)25-19-23-10-16(17(21)29)18(26-19)22-9-13-4-3-7-27(11-13)20(30)31/h2,5-6,8,10,13H,3-4,7,9,11H2,1H3,(H2,21,29)(H,24,28)(H,30,31)(H2,22,23,25,26). The lowest BCUT2D eigenvalue weighted by Crippen LogP contribution is -2.41. The first-order valence-electron chi connectivity index (χ1n) is 9.85. The molecule has 1 aromatic heterocycles. The summed E-state index contributed by atoms with van der Waals surface area (Å²) in [5, 5.41) is 18.0. The van der Waals surface area contributed by atoms with Crippen LogP contribution >= 0.6 is 0 Å². The van der Waals surface area contributed by atoms with Crippen molar-refractivity contribution in [3.05, 3.63) is 36.0 Å². The minimum absolute atomic E-state index is 0.0892. The summed E-state index contributed by atoms with van der Waals surface area (Å²) in [6.45, 7) is 2.81. The molecule has 0 radical (unpaired) electrons. The molecule has 3 amide bonds. The van der Waals surface area contributed by atoms with E-state index in [2.05, 4.69) is 25.9 Å². The fraction of sp³-hybridized carbons (Fsp3) is 0.350. The highest BCUT2D eigenvalue weighted by Crippen LogP contribution is 2.22. The van der Waals surface area contributed by atoms with E-state index in [9.17, 15) is 19.5 Å². The number of primary amides is 1. The van der Waals surface area contributed by atoms with Gasteiger partial charge in [-0.15, -0.1) is 0 Å². The van der Waals surface area contributed by atoms with E-state index in [1.807, 2.05) is 0 Å². The molecule has 1 atom stereocenters. The average Bonchev–Trinajstić information content (AvgIpc) is 2.72. The van der Waals surface area contributed by atoms with Gasteiger partial charge in [0.2, 0.25) is 11.9 Å². The molecule has 0 saturated carbocycles. The lowest BCUT2D eigenvalue weighted by molar-refractivity contribution is -0.114. The molecule has 31 heavy (non-hydrogen) atoms. The highest BCUT2D eigenvalue weighted by molar-refractivity contribution is 5.97. The minimum Gasteiger partial charge on any atom is -0.465 e. The maximum absolute atomic E-state index is 11.8. The van der Waals surface area contributed by atoms with Crippen LogP contribution in [0.25, 0.3) is 0 Å². The van der Waals surface area contributed by atoms with Crippen molar-refractivity contribution < 1.29 is 19.5 Å². The summed E-state index contributed by atoms with van der Waals surface area (Å²) in [4.78, 5) is 44.1. The van der Waals surface area contributed by atoms with Crippen LogP contribution in [0.15, 0.2) is 30.5 Å². The van der Waals surface area contributed by atoms with Gasteiger partial charge >= 0.3 is 6.09 Å². The minimum atomic E-state index is -0.933. The number of hydrogen-bond acceptors (Lipinski definition) is 7. The number of carbonyl (C=O) groups excluding carboxylic acids is 2. The Bertz CT molecular complexity index is 982. The normalized spacial score (nSPS) is 15.8. The maximum Gasteiger partial charge on any atom is 0.407 e. The van der Waals surface area contributed by atoms with Gasteiger partial charge in [0.05, 0.1) is 5.56 Å². The molecule has 2 heterocycles. The molecule has 2 aromatic rings. The number of nitrogens with two attached hydrogens (primary N) is 1. The van der Waals surface area contributed by atoms with E-state index in [0.717, 1.165) is 12.8 Å². The SMILES string of the molecule is CC(=O)Nc1cccc(Nc2ncc(C(N)=O)c(NCC3CCCN(C(=O)O)C3)n2)c1. The molecule has 3 rings (SSSR count). The van der Waals surface area contributed by atoms with Gasteiger partial charge < -0.3 is 31.7 Å². The lowest BCUT2D eigenvalue weighted by atomic mass is 9.98. The molecule has 6 N–H and O–H groups in total. The number of nitrogens with zero attached hydrogens (tertiary/aromatic N) is 3. The zero-order valence-electron chi connectivity index (χ0n) is 17.1. The van der Waals surface area contributed by atoms with Crippen LogP contribution in [0, 0.1) is 5.92 Å². The van der Waals surface area contributed by atoms with Gasteiger partial charge in [0.1, 0.15) is 5.82 Å². The topological polar surface area (TPSA) is 163 Å². The third-order valence-corrected chi connectivity index (χ3v) is 4.84. The van der Waals surface area contributed by atoms with Gasteiger partial charge in [-0.3, -0.25) is 9.59 Å². The van der Waals surface area contributed by atoms with Crippen LogP contribution in [-0.2, 0) is 4.79 Å².